The Morgan fingerprint density at radius 3 is 2.83 bits per heavy atom. The number of benzene rings is 1. The second kappa shape index (κ2) is 10.3. The Morgan fingerprint density at radius 1 is 1.24 bits per heavy atom. The lowest BCUT2D eigenvalue weighted by Gasteiger charge is -2.36. The number of pyridine rings is 1. The molecule has 10 nitrogen and oxygen atoms in total. The molecule has 5 heterocycles. The summed E-state index contributed by atoms with van der Waals surface area (Å²) in [5.41, 5.74) is 0.152. The molecule has 0 unspecified atom stereocenters. The predicted octanol–water partition coefficient (Wildman–Crippen LogP) is 5.37. The molecule has 6 rings (SSSR count). The van der Waals surface area contributed by atoms with Crippen molar-refractivity contribution in [3.63, 3.8) is 0 Å². The van der Waals surface area contributed by atoms with Crippen molar-refractivity contribution in [1.82, 2.24) is 15.0 Å². The number of amides is 2. The van der Waals surface area contributed by atoms with Gasteiger partial charge in [-0.1, -0.05) is 23.7 Å². The van der Waals surface area contributed by atoms with E-state index in [0.29, 0.717) is 37.6 Å². The average molecular weight is 591 g/mol. The summed E-state index contributed by atoms with van der Waals surface area (Å²) in [6.07, 6.45) is -2.84. The zero-order chi connectivity index (χ0) is 28.9. The van der Waals surface area contributed by atoms with Gasteiger partial charge in [-0.25, -0.2) is 19.7 Å². The van der Waals surface area contributed by atoms with E-state index in [1.54, 1.807) is 6.07 Å². The normalized spacial score (nSPS) is 21.1. The van der Waals surface area contributed by atoms with Crippen molar-refractivity contribution in [2.75, 3.05) is 41.4 Å². The molecule has 0 aliphatic carbocycles. The standard InChI is InChI=1S/C27H26ClF3N6O4/c1-26(2)40-13-18(41-26)12-39-22-10-21(32-14-33-22)34-25(38)37-17-6-7-36(11-17)20-9-19(28)23(35-24(20)37)15-4-3-5-16(8-15)27(29,30)31/h3-5,8-10,14,17-18H,6-7,11-13H2,1-2H3,(H,32,33,34,38)/t17-,18+/m0/s1. The molecule has 2 fully saturated rings. The van der Waals surface area contributed by atoms with Gasteiger partial charge >= 0.3 is 12.2 Å². The van der Waals surface area contributed by atoms with E-state index in [0.717, 1.165) is 12.1 Å². The van der Waals surface area contributed by atoms with Crippen molar-refractivity contribution in [2.24, 2.45) is 0 Å². The number of ether oxygens (including phenoxy) is 3. The van der Waals surface area contributed by atoms with Gasteiger partial charge in [0.2, 0.25) is 5.88 Å². The van der Waals surface area contributed by atoms with E-state index in [1.165, 1.54) is 29.4 Å². The highest BCUT2D eigenvalue weighted by Gasteiger charge is 2.41. The van der Waals surface area contributed by atoms with Crippen LogP contribution < -0.4 is 19.9 Å². The molecule has 2 bridgehead atoms. The zero-order valence-electron chi connectivity index (χ0n) is 22.1. The molecule has 1 aromatic carbocycles. The molecule has 0 spiro atoms. The molecule has 1 N–H and O–H groups in total. The maximum absolute atomic E-state index is 13.6. The summed E-state index contributed by atoms with van der Waals surface area (Å²) in [6, 6.07) is 7.22. The van der Waals surface area contributed by atoms with Gasteiger partial charge in [0.05, 0.1) is 34.6 Å². The van der Waals surface area contributed by atoms with E-state index in [4.69, 9.17) is 25.8 Å². The number of nitrogens with one attached hydrogen (secondary N) is 1. The monoisotopic (exact) mass is 590 g/mol. The van der Waals surface area contributed by atoms with Crippen LogP contribution in [0.5, 0.6) is 5.88 Å². The second-order valence-electron chi connectivity index (χ2n) is 10.4. The molecule has 2 aromatic heterocycles. The minimum Gasteiger partial charge on any atom is -0.475 e. The molecule has 216 valence electrons. The first-order valence-electron chi connectivity index (χ1n) is 13.0. The van der Waals surface area contributed by atoms with Crippen LogP contribution >= 0.6 is 11.6 Å². The van der Waals surface area contributed by atoms with Crippen LogP contribution in [0.1, 0.15) is 25.8 Å². The van der Waals surface area contributed by atoms with E-state index >= 15 is 0 Å². The molecule has 2 atom stereocenters. The van der Waals surface area contributed by atoms with Gasteiger partial charge < -0.3 is 19.1 Å². The average Bonchev–Trinajstić information content (AvgIpc) is 3.50. The molecule has 0 saturated carbocycles. The Morgan fingerprint density at radius 2 is 2.07 bits per heavy atom. The highest BCUT2D eigenvalue weighted by molar-refractivity contribution is 6.33. The lowest BCUT2D eigenvalue weighted by molar-refractivity contribution is -0.141. The van der Waals surface area contributed by atoms with E-state index in [-0.39, 0.29) is 46.7 Å². The molecular formula is C27H26ClF3N6O4. The number of carbonyl (C=O) groups is 1. The number of aromatic nitrogens is 3. The fourth-order valence-electron chi connectivity index (χ4n) is 5.21. The van der Waals surface area contributed by atoms with Gasteiger partial charge in [0.15, 0.2) is 11.6 Å². The van der Waals surface area contributed by atoms with Crippen molar-refractivity contribution in [3.05, 3.63) is 53.3 Å². The SMILES string of the molecule is CC1(C)OC[C@@H](COc2cc(NC(=O)N3c4nc(-c5cccc(C(F)(F)F)c5)c(Cl)cc4N4CC[C@H]3C4)ncn2)O1. The Hall–Kier alpha value is -3.68. The lowest BCUT2D eigenvalue weighted by Crippen LogP contribution is -2.48. The molecule has 14 heteroatoms. The fourth-order valence-corrected chi connectivity index (χ4v) is 5.47. The Kier molecular flexibility index (Phi) is 6.91. The van der Waals surface area contributed by atoms with Crippen molar-refractivity contribution < 1.29 is 32.2 Å². The van der Waals surface area contributed by atoms with Crippen molar-refractivity contribution in [3.8, 4) is 17.1 Å². The summed E-state index contributed by atoms with van der Waals surface area (Å²) < 4.78 is 57.1. The molecular weight excluding hydrogens is 565 g/mol. The number of fused-ring (bicyclic) bond motifs is 4. The number of halogens is 4. The van der Waals surface area contributed by atoms with Crippen molar-refractivity contribution in [1.29, 1.82) is 0 Å². The van der Waals surface area contributed by atoms with Crippen LogP contribution in [-0.4, -0.2) is 65.2 Å². The molecule has 3 aromatic rings. The number of hydrogen-bond donors (Lipinski definition) is 1. The highest BCUT2D eigenvalue weighted by Crippen LogP contribution is 2.43. The number of hydrogen-bond acceptors (Lipinski definition) is 8. The smallest absolute Gasteiger partial charge is 0.416 e. The third kappa shape index (κ3) is 5.61. The summed E-state index contributed by atoms with van der Waals surface area (Å²) in [7, 11) is 0. The summed E-state index contributed by atoms with van der Waals surface area (Å²) >= 11 is 6.53. The van der Waals surface area contributed by atoms with Gasteiger partial charge in [-0.2, -0.15) is 13.2 Å². The predicted molar refractivity (Wildman–Crippen MR) is 144 cm³/mol. The second-order valence-corrected chi connectivity index (χ2v) is 10.8. The van der Waals surface area contributed by atoms with Crippen molar-refractivity contribution >= 4 is 35.0 Å². The van der Waals surface area contributed by atoms with E-state index < -0.39 is 23.6 Å². The van der Waals surface area contributed by atoms with Crippen LogP contribution in [0, 0.1) is 0 Å². The topological polar surface area (TPSA) is 102 Å². The van der Waals surface area contributed by atoms with E-state index in [1.807, 2.05) is 13.8 Å². The molecule has 41 heavy (non-hydrogen) atoms. The Bertz CT molecular complexity index is 1490. The van der Waals surface area contributed by atoms with Crippen LogP contribution in [0.2, 0.25) is 5.02 Å². The lowest BCUT2D eigenvalue weighted by atomic mass is 10.1. The fraction of sp³-hybridized carbons (Fsp3) is 0.407. The van der Waals surface area contributed by atoms with Gasteiger partial charge in [0, 0.05) is 24.7 Å². The van der Waals surface area contributed by atoms with Crippen LogP contribution in [0.4, 0.5) is 35.3 Å². The minimum absolute atomic E-state index is 0.149. The first-order valence-corrected chi connectivity index (χ1v) is 13.3. The number of nitrogens with zero attached hydrogens (tertiary/aromatic N) is 5. The summed E-state index contributed by atoms with van der Waals surface area (Å²) in [6.45, 7) is 5.47. The number of carbonyl (C=O) groups excluding carboxylic acids is 1. The molecule has 2 amide bonds. The van der Waals surface area contributed by atoms with Crippen LogP contribution in [0.15, 0.2) is 42.7 Å². The first-order chi connectivity index (χ1) is 19.5. The van der Waals surface area contributed by atoms with E-state index in [9.17, 15) is 18.0 Å². The van der Waals surface area contributed by atoms with Crippen LogP contribution in [-0.2, 0) is 15.7 Å². The Balaban J connectivity index is 1.25. The molecule has 0 radical (unpaired) electrons. The number of urea groups is 1. The molecule has 3 aliphatic rings. The van der Waals surface area contributed by atoms with Crippen LogP contribution in [0.25, 0.3) is 11.3 Å². The van der Waals surface area contributed by atoms with Gasteiger partial charge in [0.1, 0.15) is 24.9 Å². The highest BCUT2D eigenvalue weighted by atomic mass is 35.5. The number of rotatable bonds is 5. The van der Waals surface area contributed by atoms with Gasteiger partial charge in [-0.3, -0.25) is 10.2 Å². The summed E-state index contributed by atoms with van der Waals surface area (Å²) in [5.74, 6) is 0.0718. The largest absolute Gasteiger partial charge is 0.475 e. The number of alkyl halides is 3. The maximum Gasteiger partial charge on any atom is 0.416 e. The van der Waals surface area contributed by atoms with Gasteiger partial charge in [0.25, 0.3) is 0 Å². The van der Waals surface area contributed by atoms with E-state index in [2.05, 4.69) is 25.2 Å². The minimum atomic E-state index is -4.53. The summed E-state index contributed by atoms with van der Waals surface area (Å²) in [4.78, 5) is 30.1. The van der Waals surface area contributed by atoms with Crippen LogP contribution in [0.3, 0.4) is 0 Å². The van der Waals surface area contributed by atoms with Gasteiger partial charge in [-0.05, 0) is 38.5 Å². The first kappa shape index (κ1) is 27.5. The Labute approximate surface area is 238 Å². The van der Waals surface area contributed by atoms with Crippen molar-refractivity contribution in [2.45, 2.75) is 44.4 Å². The maximum atomic E-state index is 13.6. The molecule has 3 aliphatic heterocycles. The zero-order valence-corrected chi connectivity index (χ0v) is 22.9. The number of anilines is 3. The summed E-state index contributed by atoms with van der Waals surface area (Å²) in [5, 5.41) is 2.97. The molecule has 2 saturated heterocycles. The van der Waals surface area contributed by atoms with Gasteiger partial charge in [-0.15, -0.1) is 0 Å². The quantitative estimate of drug-likeness (QED) is 0.423. The third-order valence-corrected chi connectivity index (χ3v) is 7.37. The third-order valence-electron chi connectivity index (χ3n) is 7.08.